The molecule has 0 aliphatic heterocycles. The zero-order valence-corrected chi connectivity index (χ0v) is 9.28. The van der Waals surface area contributed by atoms with Crippen LogP contribution in [-0.2, 0) is 9.68 Å². The zero-order chi connectivity index (χ0) is 12.1. The number of carbonyl (C=O) groups excluding carboxylic acids is 1. The number of hydrogen-bond donors (Lipinski definition) is 4. The second kappa shape index (κ2) is 12.2. The van der Waals surface area contributed by atoms with Crippen LogP contribution in [-0.4, -0.2) is 42.7 Å². The molecule has 0 radical (unpaired) electrons. The average Bonchev–Trinajstić information content (AvgIpc) is 2.28. The van der Waals surface area contributed by atoms with Crippen LogP contribution < -0.4 is 11.0 Å². The molecule has 0 aromatic heterocycles. The van der Waals surface area contributed by atoms with Crippen LogP contribution in [0.15, 0.2) is 0 Å². The maximum Gasteiger partial charge on any atom is 0.362 e. The van der Waals surface area contributed by atoms with Crippen LogP contribution in [0.5, 0.6) is 0 Å². The molecular formula is C9H20N2O5. The van der Waals surface area contributed by atoms with Crippen molar-refractivity contribution in [3.8, 4) is 0 Å². The molecule has 7 heteroatoms. The van der Waals surface area contributed by atoms with Crippen molar-refractivity contribution in [1.29, 1.82) is 0 Å². The van der Waals surface area contributed by atoms with E-state index in [0.717, 1.165) is 0 Å². The third-order valence-electron chi connectivity index (χ3n) is 1.64. The average molecular weight is 236 g/mol. The van der Waals surface area contributed by atoms with E-state index in [0.29, 0.717) is 38.9 Å². The summed E-state index contributed by atoms with van der Waals surface area (Å²) in [6, 6.07) is -0.576. The fourth-order valence-electron chi connectivity index (χ4n) is 0.826. The predicted octanol–water partition coefficient (Wildman–Crippen LogP) is -0.306. The Hall–Kier alpha value is -0.890. The molecule has 0 aliphatic carbocycles. The normalized spacial score (nSPS) is 10.1. The number of aliphatic hydroxyl groups is 2. The fourth-order valence-corrected chi connectivity index (χ4v) is 0.826. The Labute approximate surface area is 94.6 Å². The molecule has 0 unspecified atom stereocenters. The molecule has 0 saturated heterocycles. The van der Waals surface area contributed by atoms with Crippen molar-refractivity contribution < 1.29 is 24.7 Å². The Bertz CT molecular complexity index is 152. The molecule has 0 heterocycles. The third kappa shape index (κ3) is 11.2. The van der Waals surface area contributed by atoms with Crippen molar-refractivity contribution in [3.63, 3.8) is 0 Å². The van der Waals surface area contributed by atoms with Gasteiger partial charge in [-0.15, -0.1) is 0 Å². The molecule has 16 heavy (non-hydrogen) atoms. The molecule has 96 valence electrons. The number of amides is 2. The van der Waals surface area contributed by atoms with E-state index in [2.05, 4.69) is 11.0 Å². The van der Waals surface area contributed by atoms with Crippen LogP contribution in [0.1, 0.15) is 25.7 Å². The van der Waals surface area contributed by atoms with Crippen molar-refractivity contribution in [2.45, 2.75) is 25.7 Å². The number of rotatable bonds is 10. The molecule has 0 rings (SSSR count). The zero-order valence-electron chi connectivity index (χ0n) is 9.28. The maximum absolute atomic E-state index is 10.9. The van der Waals surface area contributed by atoms with E-state index in [1.165, 1.54) is 0 Å². The standard InChI is InChI=1S/C9H20N2O5/c12-5-1-3-7-15-10-9(14)11-16-8-4-2-6-13/h12-13H,1-8H2,(H2,10,11,14). The van der Waals surface area contributed by atoms with E-state index in [4.69, 9.17) is 19.9 Å². The molecule has 0 aliphatic rings. The Kier molecular flexibility index (Phi) is 11.5. The second-order valence-electron chi connectivity index (χ2n) is 3.09. The number of unbranched alkanes of at least 4 members (excludes halogenated alkanes) is 2. The molecule has 0 fully saturated rings. The number of nitrogens with one attached hydrogen (secondary N) is 2. The Morgan fingerprint density at radius 1 is 0.875 bits per heavy atom. The van der Waals surface area contributed by atoms with Gasteiger partial charge in [-0.3, -0.25) is 9.68 Å². The van der Waals surface area contributed by atoms with Gasteiger partial charge >= 0.3 is 6.03 Å². The summed E-state index contributed by atoms with van der Waals surface area (Å²) in [5.41, 5.74) is 4.25. The van der Waals surface area contributed by atoms with Gasteiger partial charge in [0.15, 0.2) is 0 Å². The van der Waals surface area contributed by atoms with Gasteiger partial charge in [0, 0.05) is 13.2 Å². The highest BCUT2D eigenvalue weighted by Gasteiger charge is 1.98. The predicted molar refractivity (Wildman–Crippen MR) is 56.2 cm³/mol. The first kappa shape index (κ1) is 15.1. The minimum absolute atomic E-state index is 0.115. The van der Waals surface area contributed by atoms with Crippen LogP contribution >= 0.6 is 0 Å². The first-order valence-electron chi connectivity index (χ1n) is 5.32. The molecule has 0 spiro atoms. The minimum Gasteiger partial charge on any atom is -0.396 e. The van der Waals surface area contributed by atoms with Crippen LogP contribution in [0.4, 0.5) is 4.79 Å². The summed E-state index contributed by atoms with van der Waals surface area (Å²) in [4.78, 5) is 20.5. The largest absolute Gasteiger partial charge is 0.396 e. The maximum atomic E-state index is 10.9. The number of hydroxylamine groups is 2. The van der Waals surface area contributed by atoms with Gasteiger partial charge < -0.3 is 10.2 Å². The van der Waals surface area contributed by atoms with Gasteiger partial charge in [-0.25, -0.2) is 15.8 Å². The molecule has 0 bridgehead atoms. The molecule has 0 saturated carbocycles. The fraction of sp³-hybridized carbons (Fsp3) is 0.889. The quantitative estimate of drug-likeness (QED) is 0.308. The Balaban J connectivity index is 3.12. The van der Waals surface area contributed by atoms with Crippen LogP contribution in [0.25, 0.3) is 0 Å². The van der Waals surface area contributed by atoms with E-state index in [9.17, 15) is 4.79 Å². The van der Waals surface area contributed by atoms with Crippen molar-refractivity contribution in [2.75, 3.05) is 26.4 Å². The lowest BCUT2D eigenvalue weighted by Crippen LogP contribution is -2.36. The lowest BCUT2D eigenvalue weighted by molar-refractivity contribution is 0.0152. The van der Waals surface area contributed by atoms with E-state index < -0.39 is 6.03 Å². The van der Waals surface area contributed by atoms with E-state index in [-0.39, 0.29) is 13.2 Å². The summed E-state index contributed by atoms with van der Waals surface area (Å²) in [5, 5.41) is 16.9. The summed E-state index contributed by atoms with van der Waals surface area (Å²) in [6.07, 6.45) is 2.63. The smallest absolute Gasteiger partial charge is 0.362 e. The minimum atomic E-state index is -0.576. The first-order chi connectivity index (χ1) is 7.81. The number of carbonyl (C=O) groups is 1. The number of aliphatic hydroxyl groups excluding tert-OH is 2. The molecular weight excluding hydrogens is 216 g/mol. The molecule has 4 N–H and O–H groups in total. The SMILES string of the molecule is O=C(NOCCCCO)NOCCCCO. The lowest BCUT2D eigenvalue weighted by atomic mass is 10.3. The highest BCUT2D eigenvalue weighted by atomic mass is 16.7. The van der Waals surface area contributed by atoms with Crippen LogP contribution in [0.2, 0.25) is 0 Å². The summed E-state index contributed by atoms with van der Waals surface area (Å²) in [6.45, 7) is 0.921. The van der Waals surface area contributed by atoms with Gasteiger partial charge in [0.2, 0.25) is 0 Å². The van der Waals surface area contributed by atoms with Crippen molar-refractivity contribution >= 4 is 6.03 Å². The molecule has 0 aromatic rings. The number of urea groups is 1. The summed E-state index contributed by atoms with van der Waals surface area (Å²) in [5.74, 6) is 0. The van der Waals surface area contributed by atoms with E-state index >= 15 is 0 Å². The second-order valence-corrected chi connectivity index (χ2v) is 3.09. The van der Waals surface area contributed by atoms with Gasteiger partial charge in [0.1, 0.15) is 0 Å². The Morgan fingerprint density at radius 2 is 1.31 bits per heavy atom. The number of hydrogen-bond acceptors (Lipinski definition) is 5. The van der Waals surface area contributed by atoms with Crippen LogP contribution in [0.3, 0.4) is 0 Å². The van der Waals surface area contributed by atoms with Gasteiger partial charge in [0.25, 0.3) is 0 Å². The first-order valence-corrected chi connectivity index (χ1v) is 5.32. The van der Waals surface area contributed by atoms with Crippen molar-refractivity contribution in [3.05, 3.63) is 0 Å². The van der Waals surface area contributed by atoms with Crippen molar-refractivity contribution in [2.24, 2.45) is 0 Å². The third-order valence-corrected chi connectivity index (χ3v) is 1.64. The van der Waals surface area contributed by atoms with E-state index in [1.54, 1.807) is 0 Å². The van der Waals surface area contributed by atoms with Gasteiger partial charge in [-0.2, -0.15) is 0 Å². The summed E-state index contributed by atoms with van der Waals surface area (Å²) < 4.78 is 0. The highest BCUT2D eigenvalue weighted by molar-refractivity contribution is 5.71. The van der Waals surface area contributed by atoms with E-state index in [1.807, 2.05) is 0 Å². The molecule has 2 amide bonds. The molecule has 0 aromatic carbocycles. The highest BCUT2D eigenvalue weighted by Crippen LogP contribution is 1.87. The van der Waals surface area contributed by atoms with Crippen LogP contribution in [0, 0.1) is 0 Å². The molecule has 0 atom stereocenters. The molecule has 7 nitrogen and oxygen atoms in total. The topological polar surface area (TPSA) is 100 Å². The monoisotopic (exact) mass is 236 g/mol. The summed E-state index contributed by atoms with van der Waals surface area (Å²) in [7, 11) is 0. The lowest BCUT2D eigenvalue weighted by Gasteiger charge is -2.07. The van der Waals surface area contributed by atoms with Gasteiger partial charge in [-0.1, -0.05) is 0 Å². The van der Waals surface area contributed by atoms with Crippen molar-refractivity contribution in [1.82, 2.24) is 11.0 Å². The summed E-state index contributed by atoms with van der Waals surface area (Å²) >= 11 is 0. The Morgan fingerprint density at radius 3 is 1.69 bits per heavy atom. The van der Waals surface area contributed by atoms with Gasteiger partial charge in [0.05, 0.1) is 13.2 Å². The van der Waals surface area contributed by atoms with Gasteiger partial charge in [-0.05, 0) is 25.7 Å².